The van der Waals surface area contributed by atoms with Crippen LogP contribution in [0.4, 0.5) is 0 Å². The number of nitrogens with zero attached hydrogens (tertiary/aromatic N) is 1. The van der Waals surface area contributed by atoms with Gasteiger partial charge in [-0.1, -0.05) is 0 Å². The normalized spacial score (nSPS) is 20.2. The standard InChI is InChI=1S/C12H17BrN2O2/c1-15-8-9(13)6-11(15)12(16)14-7-10-4-2-3-5-17-10/h6,8,10H,2-5,7H2,1H3,(H,14,16). The number of hydrogen-bond donors (Lipinski definition) is 1. The monoisotopic (exact) mass is 300 g/mol. The van der Waals surface area contributed by atoms with Crippen molar-refractivity contribution in [1.82, 2.24) is 9.88 Å². The largest absolute Gasteiger partial charge is 0.376 e. The molecule has 1 N–H and O–H groups in total. The van der Waals surface area contributed by atoms with Crippen molar-refractivity contribution in [3.05, 3.63) is 22.4 Å². The van der Waals surface area contributed by atoms with E-state index >= 15 is 0 Å². The molecule has 2 heterocycles. The van der Waals surface area contributed by atoms with Crippen molar-refractivity contribution >= 4 is 21.8 Å². The lowest BCUT2D eigenvalue weighted by atomic mass is 10.1. The summed E-state index contributed by atoms with van der Waals surface area (Å²) >= 11 is 3.35. The van der Waals surface area contributed by atoms with Gasteiger partial charge in [-0.2, -0.15) is 0 Å². The summed E-state index contributed by atoms with van der Waals surface area (Å²) in [7, 11) is 1.86. The van der Waals surface area contributed by atoms with Crippen LogP contribution in [-0.4, -0.2) is 29.7 Å². The Morgan fingerprint density at radius 1 is 1.65 bits per heavy atom. The molecule has 1 aliphatic rings. The summed E-state index contributed by atoms with van der Waals surface area (Å²) in [6, 6.07) is 1.82. The summed E-state index contributed by atoms with van der Waals surface area (Å²) < 4.78 is 8.29. The van der Waals surface area contributed by atoms with Crippen LogP contribution in [0.5, 0.6) is 0 Å². The highest BCUT2D eigenvalue weighted by molar-refractivity contribution is 9.10. The van der Waals surface area contributed by atoms with Crippen molar-refractivity contribution < 1.29 is 9.53 Å². The van der Waals surface area contributed by atoms with Crippen molar-refractivity contribution in [2.45, 2.75) is 25.4 Å². The summed E-state index contributed by atoms with van der Waals surface area (Å²) in [5.74, 6) is -0.0487. The second-order valence-corrected chi connectivity index (χ2v) is 5.27. The molecule has 0 radical (unpaired) electrons. The van der Waals surface area contributed by atoms with Crippen LogP contribution in [0.2, 0.25) is 0 Å². The highest BCUT2D eigenvalue weighted by Gasteiger charge is 2.16. The number of hydrogen-bond acceptors (Lipinski definition) is 2. The molecule has 0 spiro atoms. The van der Waals surface area contributed by atoms with Gasteiger partial charge in [-0.3, -0.25) is 4.79 Å². The van der Waals surface area contributed by atoms with Crippen LogP contribution in [0.1, 0.15) is 29.8 Å². The lowest BCUT2D eigenvalue weighted by Crippen LogP contribution is -2.36. The van der Waals surface area contributed by atoms with Gasteiger partial charge in [0.15, 0.2) is 0 Å². The number of rotatable bonds is 3. The Morgan fingerprint density at radius 3 is 3.06 bits per heavy atom. The summed E-state index contributed by atoms with van der Waals surface area (Å²) in [5, 5.41) is 2.92. The molecule has 2 rings (SSSR count). The maximum Gasteiger partial charge on any atom is 0.268 e. The molecule has 1 fully saturated rings. The van der Waals surface area contributed by atoms with E-state index in [-0.39, 0.29) is 12.0 Å². The number of aryl methyl sites for hydroxylation is 1. The zero-order valence-corrected chi connectivity index (χ0v) is 11.5. The van der Waals surface area contributed by atoms with Crippen LogP contribution in [0, 0.1) is 0 Å². The predicted octanol–water partition coefficient (Wildman–Crippen LogP) is 2.09. The number of amides is 1. The zero-order chi connectivity index (χ0) is 12.3. The van der Waals surface area contributed by atoms with Gasteiger partial charge >= 0.3 is 0 Å². The molecule has 4 nitrogen and oxygen atoms in total. The smallest absolute Gasteiger partial charge is 0.268 e. The average Bonchev–Trinajstić information content (AvgIpc) is 2.67. The summed E-state index contributed by atoms with van der Waals surface area (Å²) in [6.45, 7) is 1.41. The highest BCUT2D eigenvalue weighted by atomic mass is 79.9. The minimum Gasteiger partial charge on any atom is -0.376 e. The summed E-state index contributed by atoms with van der Waals surface area (Å²) in [6.07, 6.45) is 5.41. The first-order valence-electron chi connectivity index (χ1n) is 5.88. The zero-order valence-electron chi connectivity index (χ0n) is 9.91. The van der Waals surface area contributed by atoms with Crippen LogP contribution in [0.25, 0.3) is 0 Å². The third-order valence-electron chi connectivity index (χ3n) is 2.97. The molecule has 1 amide bonds. The molecular formula is C12H17BrN2O2. The van der Waals surface area contributed by atoms with Gasteiger partial charge in [0.05, 0.1) is 6.10 Å². The summed E-state index contributed by atoms with van der Waals surface area (Å²) in [4.78, 5) is 11.9. The predicted molar refractivity (Wildman–Crippen MR) is 69.0 cm³/mol. The van der Waals surface area contributed by atoms with E-state index in [1.807, 2.05) is 19.3 Å². The topological polar surface area (TPSA) is 43.3 Å². The van der Waals surface area contributed by atoms with Gasteiger partial charge < -0.3 is 14.6 Å². The fraction of sp³-hybridized carbons (Fsp3) is 0.583. The lowest BCUT2D eigenvalue weighted by molar-refractivity contribution is 0.0168. The first-order chi connectivity index (χ1) is 8.16. The van der Waals surface area contributed by atoms with Gasteiger partial charge in [0, 0.05) is 30.9 Å². The molecule has 1 atom stereocenters. The second kappa shape index (κ2) is 5.69. The van der Waals surface area contributed by atoms with E-state index in [0.717, 1.165) is 23.9 Å². The van der Waals surface area contributed by atoms with Crippen LogP contribution in [-0.2, 0) is 11.8 Å². The molecule has 1 saturated heterocycles. The van der Waals surface area contributed by atoms with E-state index in [2.05, 4.69) is 21.2 Å². The quantitative estimate of drug-likeness (QED) is 0.929. The Hall–Kier alpha value is -0.810. The third kappa shape index (κ3) is 3.33. The minimum absolute atomic E-state index is 0.0487. The van der Waals surface area contributed by atoms with E-state index in [9.17, 15) is 4.79 Å². The van der Waals surface area contributed by atoms with Crippen molar-refractivity contribution in [2.75, 3.05) is 13.2 Å². The van der Waals surface area contributed by atoms with Gasteiger partial charge in [0.1, 0.15) is 5.69 Å². The number of carbonyl (C=O) groups excluding carboxylic acids is 1. The molecule has 17 heavy (non-hydrogen) atoms. The number of nitrogens with one attached hydrogen (secondary N) is 1. The Labute approximate surface area is 109 Å². The third-order valence-corrected chi connectivity index (χ3v) is 3.40. The van der Waals surface area contributed by atoms with E-state index < -0.39 is 0 Å². The Bertz CT molecular complexity index is 397. The molecule has 1 aromatic rings. The first kappa shape index (κ1) is 12.6. The molecule has 0 aliphatic carbocycles. The molecule has 1 aromatic heterocycles. The average molecular weight is 301 g/mol. The Kier molecular flexibility index (Phi) is 4.23. The van der Waals surface area contributed by atoms with Crippen molar-refractivity contribution in [3.63, 3.8) is 0 Å². The molecule has 0 aromatic carbocycles. The van der Waals surface area contributed by atoms with Gasteiger partial charge in [-0.15, -0.1) is 0 Å². The first-order valence-corrected chi connectivity index (χ1v) is 6.68. The van der Waals surface area contributed by atoms with Gasteiger partial charge in [0.25, 0.3) is 5.91 Å². The fourth-order valence-corrected chi connectivity index (χ4v) is 2.54. The molecule has 94 valence electrons. The number of halogens is 1. The molecular weight excluding hydrogens is 284 g/mol. The van der Waals surface area contributed by atoms with E-state index in [4.69, 9.17) is 4.74 Å². The van der Waals surface area contributed by atoms with Crippen LogP contribution in [0.3, 0.4) is 0 Å². The number of ether oxygens (including phenoxy) is 1. The second-order valence-electron chi connectivity index (χ2n) is 4.35. The van der Waals surface area contributed by atoms with Crippen molar-refractivity contribution in [1.29, 1.82) is 0 Å². The van der Waals surface area contributed by atoms with Gasteiger partial charge in [-0.05, 0) is 41.3 Å². The maximum absolute atomic E-state index is 11.9. The fourth-order valence-electron chi connectivity index (χ4n) is 2.02. The molecule has 5 heteroatoms. The Morgan fingerprint density at radius 2 is 2.47 bits per heavy atom. The van der Waals surface area contributed by atoms with Crippen LogP contribution >= 0.6 is 15.9 Å². The Balaban J connectivity index is 1.86. The number of aromatic nitrogens is 1. The highest BCUT2D eigenvalue weighted by Crippen LogP contribution is 2.14. The maximum atomic E-state index is 11.9. The van der Waals surface area contributed by atoms with Crippen LogP contribution < -0.4 is 5.32 Å². The van der Waals surface area contributed by atoms with Crippen molar-refractivity contribution in [2.24, 2.45) is 7.05 Å². The van der Waals surface area contributed by atoms with E-state index in [0.29, 0.717) is 12.2 Å². The number of carbonyl (C=O) groups is 1. The van der Waals surface area contributed by atoms with Crippen LogP contribution in [0.15, 0.2) is 16.7 Å². The van der Waals surface area contributed by atoms with E-state index in [1.54, 1.807) is 4.57 Å². The molecule has 1 aliphatic heterocycles. The summed E-state index contributed by atoms with van der Waals surface area (Å²) in [5.41, 5.74) is 0.660. The van der Waals surface area contributed by atoms with E-state index in [1.165, 1.54) is 6.42 Å². The molecule has 0 bridgehead atoms. The minimum atomic E-state index is -0.0487. The van der Waals surface area contributed by atoms with Gasteiger partial charge in [0.2, 0.25) is 0 Å². The lowest BCUT2D eigenvalue weighted by Gasteiger charge is -2.22. The SMILES string of the molecule is Cn1cc(Br)cc1C(=O)NCC1CCCCO1. The molecule has 0 saturated carbocycles. The molecule has 1 unspecified atom stereocenters. The van der Waals surface area contributed by atoms with Crippen molar-refractivity contribution in [3.8, 4) is 0 Å². The van der Waals surface area contributed by atoms with Gasteiger partial charge in [-0.25, -0.2) is 0 Å².